The number of nitrogens with zero attached hydrogens (tertiary/aromatic N) is 2. The largest absolute Gasteiger partial charge is 0.373 e. The highest BCUT2D eigenvalue weighted by Gasteiger charge is 2.29. The number of ether oxygens (including phenoxy) is 1. The number of aryl methyl sites for hydroxylation is 1. The molecule has 1 aromatic heterocycles. The summed E-state index contributed by atoms with van der Waals surface area (Å²) >= 11 is 0. The number of hydrogen-bond acceptors (Lipinski definition) is 5. The molecule has 7 nitrogen and oxygen atoms in total. The topological polar surface area (TPSA) is 87.3 Å². The number of anilines is 1. The van der Waals surface area contributed by atoms with E-state index in [2.05, 4.69) is 22.2 Å². The van der Waals surface area contributed by atoms with Gasteiger partial charge < -0.3 is 15.0 Å². The van der Waals surface area contributed by atoms with Crippen molar-refractivity contribution in [3.8, 4) is 0 Å². The number of aromatic nitrogens is 2. The van der Waals surface area contributed by atoms with Gasteiger partial charge in [0.25, 0.3) is 5.56 Å². The number of nitrogens with one attached hydrogen (secondary N) is 2. The highest BCUT2D eigenvalue weighted by Crippen LogP contribution is 2.24. The molecule has 2 aliphatic rings. The summed E-state index contributed by atoms with van der Waals surface area (Å²) in [7, 11) is 0. The van der Waals surface area contributed by atoms with Gasteiger partial charge in [0, 0.05) is 44.4 Å². The van der Waals surface area contributed by atoms with Crippen LogP contribution in [0, 0.1) is 0 Å². The molecule has 0 aliphatic carbocycles. The van der Waals surface area contributed by atoms with Crippen molar-refractivity contribution in [2.75, 3.05) is 31.6 Å². The monoisotopic (exact) mass is 334 g/mol. The van der Waals surface area contributed by atoms with Crippen molar-refractivity contribution < 1.29 is 9.53 Å². The third-order valence-electron chi connectivity index (χ3n) is 4.76. The molecule has 0 spiro atoms. The zero-order valence-corrected chi connectivity index (χ0v) is 14.3. The predicted octanol–water partition coefficient (Wildman–Crippen LogP) is 1.31. The summed E-state index contributed by atoms with van der Waals surface area (Å²) in [5, 5.41) is 3.19. The van der Waals surface area contributed by atoms with E-state index >= 15 is 0 Å². The Balaban J connectivity index is 1.53. The molecule has 2 N–H and O–H groups in total. The van der Waals surface area contributed by atoms with Crippen LogP contribution in [-0.4, -0.2) is 52.6 Å². The van der Waals surface area contributed by atoms with Crippen molar-refractivity contribution in [1.29, 1.82) is 0 Å². The van der Waals surface area contributed by atoms with E-state index in [0.717, 1.165) is 51.1 Å². The third kappa shape index (κ3) is 4.35. The molecule has 3 rings (SSSR count). The average Bonchev–Trinajstić information content (AvgIpc) is 3.15. The van der Waals surface area contributed by atoms with Gasteiger partial charge in [0.15, 0.2) is 0 Å². The minimum absolute atomic E-state index is 0.155. The Kier molecular flexibility index (Phi) is 5.18. The van der Waals surface area contributed by atoms with Gasteiger partial charge in [-0.3, -0.25) is 14.6 Å². The van der Waals surface area contributed by atoms with Gasteiger partial charge in [-0.1, -0.05) is 0 Å². The second kappa shape index (κ2) is 7.34. The zero-order chi connectivity index (χ0) is 17.0. The maximum atomic E-state index is 11.8. The Labute approximate surface area is 141 Å². The maximum absolute atomic E-state index is 11.8. The number of carbonyl (C=O) groups excluding carboxylic acids is 1. The smallest absolute Gasteiger partial charge is 0.252 e. The summed E-state index contributed by atoms with van der Waals surface area (Å²) < 4.78 is 5.73. The van der Waals surface area contributed by atoms with E-state index in [9.17, 15) is 9.59 Å². The fourth-order valence-corrected chi connectivity index (χ4v) is 3.36. The van der Waals surface area contributed by atoms with Gasteiger partial charge in [0.1, 0.15) is 0 Å². The average molecular weight is 334 g/mol. The SMILES string of the molecule is C[C@@]1(CNc2nc(CCCN3CCCC3=O)cc(=O)[nH]2)CCCO1. The molecule has 1 atom stereocenters. The Morgan fingerprint density at radius 2 is 2.29 bits per heavy atom. The van der Waals surface area contributed by atoms with Crippen molar-refractivity contribution in [3.05, 3.63) is 22.1 Å². The molecule has 2 saturated heterocycles. The Morgan fingerprint density at radius 1 is 1.42 bits per heavy atom. The first-order chi connectivity index (χ1) is 11.5. The first kappa shape index (κ1) is 17.0. The molecule has 0 radical (unpaired) electrons. The van der Waals surface area contributed by atoms with Gasteiger partial charge in [0.05, 0.1) is 5.60 Å². The quantitative estimate of drug-likeness (QED) is 0.785. The van der Waals surface area contributed by atoms with E-state index in [-0.39, 0.29) is 17.1 Å². The van der Waals surface area contributed by atoms with Crippen LogP contribution in [0.1, 0.15) is 44.7 Å². The van der Waals surface area contributed by atoms with Crippen LogP contribution in [-0.2, 0) is 16.0 Å². The van der Waals surface area contributed by atoms with Crippen molar-refractivity contribution in [3.63, 3.8) is 0 Å². The highest BCUT2D eigenvalue weighted by molar-refractivity contribution is 5.77. The van der Waals surface area contributed by atoms with Crippen molar-refractivity contribution >= 4 is 11.9 Å². The van der Waals surface area contributed by atoms with E-state index in [4.69, 9.17) is 4.74 Å². The molecule has 7 heteroatoms. The Bertz CT molecular complexity index is 637. The lowest BCUT2D eigenvalue weighted by atomic mass is 10.0. The molecule has 1 amide bonds. The molecular formula is C17H26N4O3. The predicted molar refractivity (Wildman–Crippen MR) is 91.1 cm³/mol. The minimum Gasteiger partial charge on any atom is -0.373 e. The Hall–Kier alpha value is -1.89. The van der Waals surface area contributed by atoms with E-state index < -0.39 is 0 Å². The highest BCUT2D eigenvalue weighted by atomic mass is 16.5. The van der Waals surface area contributed by atoms with Crippen molar-refractivity contribution in [2.24, 2.45) is 0 Å². The molecule has 3 heterocycles. The van der Waals surface area contributed by atoms with Crippen LogP contribution in [0.2, 0.25) is 0 Å². The fourth-order valence-electron chi connectivity index (χ4n) is 3.36. The normalized spacial score (nSPS) is 23.9. The van der Waals surface area contributed by atoms with Crippen molar-refractivity contribution in [1.82, 2.24) is 14.9 Å². The van der Waals surface area contributed by atoms with Gasteiger partial charge >= 0.3 is 0 Å². The molecule has 0 saturated carbocycles. The molecule has 0 unspecified atom stereocenters. The van der Waals surface area contributed by atoms with Crippen molar-refractivity contribution in [2.45, 2.75) is 51.0 Å². The van der Waals surface area contributed by atoms with Crippen LogP contribution in [0.4, 0.5) is 5.95 Å². The van der Waals surface area contributed by atoms with E-state index in [1.807, 2.05) is 4.90 Å². The second-order valence-corrected chi connectivity index (χ2v) is 6.93. The second-order valence-electron chi connectivity index (χ2n) is 6.93. The van der Waals surface area contributed by atoms with Crippen LogP contribution in [0.25, 0.3) is 0 Å². The maximum Gasteiger partial charge on any atom is 0.252 e. The van der Waals surface area contributed by atoms with Crippen LogP contribution < -0.4 is 10.9 Å². The minimum atomic E-state index is -0.190. The van der Waals surface area contributed by atoms with Gasteiger partial charge in [-0.2, -0.15) is 0 Å². The van der Waals surface area contributed by atoms with Crippen LogP contribution in [0.15, 0.2) is 10.9 Å². The first-order valence-electron chi connectivity index (χ1n) is 8.80. The molecule has 0 aromatic carbocycles. The van der Waals surface area contributed by atoms with Crippen LogP contribution in [0.5, 0.6) is 0 Å². The standard InChI is InChI=1S/C17H26N4O3/c1-17(7-4-10-24-17)12-18-16-19-13(11-14(22)20-16)5-2-8-21-9-3-6-15(21)23/h11H,2-10,12H2,1H3,(H2,18,19,20,22)/t17-/m0/s1. The summed E-state index contributed by atoms with van der Waals surface area (Å²) in [5.74, 6) is 0.729. The lowest BCUT2D eigenvalue weighted by molar-refractivity contribution is -0.127. The summed E-state index contributed by atoms with van der Waals surface area (Å²) in [6, 6.07) is 1.53. The molecular weight excluding hydrogens is 308 g/mol. The molecule has 2 fully saturated rings. The van der Waals surface area contributed by atoms with E-state index in [0.29, 0.717) is 25.3 Å². The summed E-state index contributed by atoms with van der Waals surface area (Å²) in [4.78, 5) is 32.5. The van der Waals surface area contributed by atoms with E-state index in [1.54, 1.807) is 0 Å². The van der Waals surface area contributed by atoms with E-state index in [1.165, 1.54) is 6.07 Å². The first-order valence-corrected chi connectivity index (χ1v) is 8.80. The lowest BCUT2D eigenvalue weighted by Gasteiger charge is -2.23. The number of likely N-dealkylation sites (tertiary alicyclic amines) is 1. The fraction of sp³-hybridized carbons (Fsp3) is 0.706. The van der Waals surface area contributed by atoms with Gasteiger partial charge in [-0.25, -0.2) is 4.98 Å². The zero-order valence-electron chi connectivity index (χ0n) is 14.3. The number of carbonyl (C=O) groups is 1. The number of aromatic amines is 1. The molecule has 24 heavy (non-hydrogen) atoms. The summed E-state index contributed by atoms with van der Waals surface area (Å²) in [6.07, 6.45) is 5.21. The number of hydrogen-bond donors (Lipinski definition) is 2. The molecule has 132 valence electrons. The summed E-state index contributed by atoms with van der Waals surface area (Å²) in [5.41, 5.74) is 0.410. The van der Waals surface area contributed by atoms with Gasteiger partial charge in [0.2, 0.25) is 11.9 Å². The summed E-state index contributed by atoms with van der Waals surface area (Å²) in [6.45, 7) is 5.08. The number of rotatable bonds is 7. The van der Waals surface area contributed by atoms with Gasteiger partial charge in [-0.15, -0.1) is 0 Å². The third-order valence-corrected chi connectivity index (χ3v) is 4.76. The van der Waals surface area contributed by atoms with Crippen LogP contribution in [0.3, 0.4) is 0 Å². The Morgan fingerprint density at radius 3 is 3.00 bits per heavy atom. The molecule has 1 aromatic rings. The van der Waals surface area contributed by atoms with Crippen LogP contribution >= 0.6 is 0 Å². The number of amides is 1. The number of H-pyrrole nitrogens is 1. The lowest BCUT2D eigenvalue weighted by Crippen LogP contribution is -2.33. The van der Waals surface area contributed by atoms with Gasteiger partial charge in [-0.05, 0) is 39.0 Å². The molecule has 2 aliphatic heterocycles. The molecule has 0 bridgehead atoms.